The molecule has 0 spiro atoms. The van der Waals surface area contributed by atoms with Crippen LogP contribution in [0.15, 0.2) is 0 Å². The van der Waals surface area contributed by atoms with Crippen LogP contribution in [0.3, 0.4) is 0 Å². The monoisotopic (exact) mass is 130 g/mol. The minimum Gasteiger partial charge on any atom is -0.465 e. The molecular weight excluding hydrogens is 120 g/mol. The molecule has 0 aromatic rings. The molecule has 3 nitrogen and oxygen atoms in total. The highest BCUT2D eigenvalue weighted by Crippen LogP contribution is 2.16. The number of rotatable bonds is 2. The van der Waals surface area contributed by atoms with Gasteiger partial charge in [-0.3, -0.25) is 4.79 Å². The average molecular weight is 130 g/mol. The summed E-state index contributed by atoms with van der Waals surface area (Å²) in [7, 11) is 0. The lowest BCUT2D eigenvalue weighted by Crippen LogP contribution is -2.08. The van der Waals surface area contributed by atoms with E-state index in [-0.39, 0.29) is 18.5 Å². The Morgan fingerprint density at radius 1 is 1.78 bits per heavy atom. The van der Waals surface area contributed by atoms with Crippen LogP contribution in [-0.4, -0.2) is 24.3 Å². The van der Waals surface area contributed by atoms with E-state index in [9.17, 15) is 4.79 Å². The highest BCUT2D eigenvalue weighted by atomic mass is 16.5. The van der Waals surface area contributed by atoms with E-state index in [2.05, 4.69) is 4.74 Å². The molecule has 0 saturated carbocycles. The Bertz CT molecular complexity index is 111. The number of hydrogen-bond acceptors (Lipinski definition) is 3. The minimum atomic E-state index is -0.149. The number of aliphatic hydroxyl groups is 1. The lowest BCUT2D eigenvalue weighted by atomic mass is 10.1. The third-order valence-electron chi connectivity index (χ3n) is 1.52. The molecule has 0 bridgehead atoms. The largest absolute Gasteiger partial charge is 0.465 e. The van der Waals surface area contributed by atoms with E-state index in [0.717, 1.165) is 6.42 Å². The summed E-state index contributed by atoms with van der Waals surface area (Å²) >= 11 is 0. The molecule has 0 aliphatic carbocycles. The zero-order valence-electron chi connectivity index (χ0n) is 5.17. The van der Waals surface area contributed by atoms with Crippen molar-refractivity contribution in [2.45, 2.75) is 12.8 Å². The van der Waals surface area contributed by atoms with Crippen LogP contribution in [0, 0.1) is 5.92 Å². The quantitative estimate of drug-likeness (QED) is 0.532. The second-order valence-electron chi connectivity index (χ2n) is 2.17. The summed E-state index contributed by atoms with van der Waals surface area (Å²) in [4.78, 5) is 10.6. The summed E-state index contributed by atoms with van der Waals surface area (Å²) in [6.07, 6.45) is 1.33. The van der Waals surface area contributed by atoms with Gasteiger partial charge in [-0.25, -0.2) is 0 Å². The molecule has 1 saturated heterocycles. The van der Waals surface area contributed by atoms with Crippen LogP contribution in [0.25, 0.3) is 0 Å². The van der Waals surface area contributed by atoms with Crippen molar-refractivity contribution in [1.82, 2.24) is 0 Å². The van der Waals surface area contributed by atoms with E-state index in [4.69, 9.17) is 5.11 Å². The van der Waals surface area contributed by atoms with Gasteiger partial charge in [-0.15, -0.1) is 0 Å². The summed E-state index contributed by atoms with van der Waals surface area (Å²) in [5.41, 5.74) is 0. The maximum atomic E-state index is 10.6. The Balaban J connectivity index is 2.31. The van der Waals surface area contributed by atoms with E-state index in [1.807, 2.05) is 0 Å². The molecule has 1 aliphatic heterocycles. The molecule has 1 heterocycles. The molecule has 1 N–H and O–H groups in total. The van der Waals surface area contributed by atoms with Gasteiger partial charge in [0.2, 0.25) is 0 Å². The lowest BCUT2D eigenvalue weighted by molar-refractivity contribution is -0.141. The Morgan fingerprint density at radius 3 is 3.00 bits per heavy atom. The zero-order chi connectivity index (χ0) is 6.69. The van der Waals surface area contributed by atoms with Crippen LogP contribution in [-0.2, 0) is 9.53 Å². The summed E-state index contributed by atoms with van der Waals surface area (Å²) < 4.78 is 4.67. The first-order chi connectivity index (χ1) is 4.34. The fourth-order valence-electron chi connectivity index (χ4n) is 0.956. The zero-order valence-corrected chi connectivity index (χ0v) is 5.17. The molecule has 0 amide bonds. The van der Waals surface area contributed by atoms with Crippen molar-refractivity contribution < 1.29 is 14.6 Å². The maximum Gasteiger partial charge on any atom is 0.309 e. The average Bonchev–Trinajstić information content (AvgIpc) is 2.18. The van der Waals surface area contributed by atoms with Crippen LogP contribution >= 0.6 is 0 Å². The number of hydrogen-bond donors (Lipinski definition) is 1. The molecule has 1 aliphatic rings. The van der Waals surface area contributed by atoms with Crippen LogP contribution in [0.5, 0.6) is 0 Å². The van der Waals surface area contributed by atoms with Gasteiger partial charge < -0.3 is 9.84 Å². The maximum absolute atomic E-state index is 10.6. The molecule has 9 heavy (non-hydrogen) atoms. The minimum absolute atomic E-state index is 0.0324. The van der Waals surface area contributed by atoms with Crippen molar-refractivity contribution in [3.8, 4) is 0 Å². The van der Waals surface area contributed by atoms with Crippen molar-refractivity contribution in [3.63, 3.8) is 0 Å². The molecule has 0 aromatic heterocycles. The fourth-order valence-corrected chi connectivity index (χ4v) is 0.956. The Labute approximate surface area is 53.6 Å². The van der Waals surface area contributed by atoms with Crippen LogP contribution in [0.4, 0.5) is 0 Å². The molecular formula is C6H10O3. The van der Waals surface area contributed by atoms with Crippen molar-refractivity contribution >= 4 is 5.97 Å². The van der Waals surface area contributed by atoms with E-state index < -0.39 is 0 Å². The molecule has 1 rings (SSSR count). The molecule has 1 fully saturated rings. The van der Waals surface area contributed by atoms with Crippen molar-refractivity contribution in [2.75, 3.05) is 13.2 Å². The van der Waals surface area contributed by atoms with Gasteiger partial charge in [0, 0.05) is 6.61 Å². The number of cyclic esters (lactones) is 1. The standard InChI is InChI=1S/C6H10O3/c7-3-1-5-2-4-9-6(5)8/h5,7H,1-4H2/t5-/m0/s1. The molecule has 0 radical (unpaired) electrons. The van der Waals surface area contributed by atoms with Crippen LogP contribution in [0.1, 0.15) is 12.8 Å². The Hall–Kier alpha value is -0.570. The summed E-state index contributed by atoms with van der Waals surface area (Å²) in [6, 6.07) is 0. The first-order valence-corrected chi connectivity index (χ1v) is 3.12. The van der Waals surface area contributed by atoms with E-state index in [1.165, 1.54) is 0 Å². The second-order valence-corrected chi connectivity index (χ2v) is 2.17. The van der Waals surface area contributed by atoms with Gasteiger partial charge >= 0.3 is 5.97 Å². The van der Waals surface area contributed by atoms with Crippen molar-refractivity contribution in [3.05, 3.63) is 0 Å². The predicted molar refractivity (Wildman–Crippen MR) is 30.8 cm³/mol. The van der Waals surface area contributed by atoms with Crippen molar-refractivity contribution in [2.24, 2.45) is 5.92 Å². The summed E-state index contributed by atoms with van der Waals surface area (Å²) in [6.45, 7) is 0.614. The SMILES string of the molecule is O=C1OCC[C@@H]1CCO. The molecule has 52 valence electrons. The predicted octanol–water partition coefficient (Wildman–Crippen LogP) is -0.0681. The van der Waals surface area contributed by atoms with Gasteiger partial charge in [-0.05, 0) is 12.8 Å². The first-order valence-electron chi connectivity index (χ1n) is 3.12. The lowest BCUT2D eigenvalue weighted by Gasteiger charge is -1.98. The topological polar surface area (TPSA) is 46.5 Å². The van der Waals surface area contributed by atoms with Gasteiger partial charge in [0.1, 0.15) is 0 Å². The highest BCUT2D eigenvalue weighted by molar-refractivity contribution is 5.73. The van der Waals surface area contributed by atoms with Gasteiger partial charge in [0.05, 0.1) is 12.5 Å². The third-order valence-corrected chi connectivity index (χ3v) is 1.52. The number of ether oxygens (including phenoxy) is 1. The smallest absolute Gasteiger partial charge is 0.309 e. The molecule has 1 atom stereocenters. The van der Waals surface area contributed by atoms with Gasteiger partial charge in [0.15, 0.2) is 0 Å². The summed E-state index contributed by atoms with van der Waals surface area (Å²) in [5.74, 6) is -0.181. The van der Waals surface area contributed by atoms with Gasteiger partial charge in [0.25, 0.3) is 0 Å². The van der Waals surface area contributed by atoms with E-state index in [0.29, 0.717) is 13.0 Å². The number of esters is 1. The van der Waals surface area contributed by atoms with Gasteiger partial charge in [-0.2, -0.15) is 0 Å². The van der Waals surface area contributed by atoms with Crippen molar-refractivity contribution in [1.29, 1.82) is 0 Å². The van der Waals surface area contributed by atoms with E-state index in [1.54, 1.807) is 0 Å². The normalized spacial score (nSPS) is 26.3. The third kappa shape index (κ3) is 1.42. The van der Waals surface area contributed by atoms with Crippen LogP contribution < -0.4 is 0 Å². The highest BCUT2D eigenvalue weighted by Gasteiger charge is 2.25. The van der Waals surface area contributed by atoms with E-state index >= 15 is 0 Å². The fraction of sp³-hybridized carbons (Fsp3) is 0.833. The summed E-state index contributed by atoms with van der Waals surface area (Å²) in [5, 5.41) is 8.44. The molecule has 0 unspecified atom stereocenters. The Kier molecular flexibility index (Phi) is 2.05. The Morgan fingerprint density at radius 2 is 2.56 bits per heavy atom. The first kappa shape index (κ1) is 6.55. The number of carbonyl (C=O) groups is 1. The van der Waals surface area contributed by atoms with Gasteiger partial charge in [-0.1, -0.05) is 0 Å². The molecule has 0 aromatic carbocycles. The second kappa shape index (κ2) is 2.82. The number of aliphatic hydroxyl groups excluding tert-OH is 1. The van der Waals surface area contributed by atoms with Crippen LogP contribution in [0.2, 0.25) is 0 Å². The number of carbonyl (C=O) groups excluding carboxylic acids is 1. The molecule has 3 heteroatoms.